The number of carbonyl (C=O) groups excluding carboxylic acids is 2. The molecule has 0 bridgehead atoms. The van der Waals surface area contributed by atoms with Gasteiger partial charge >= 0.3 is 18.1 Å². The number of hydrogen-bond acceptors (Lipinski definition) is 4. The van der Waals surface area contributed by atoms with Gasteiger partial charge in [0.05, 0.1) is 0 Å². The number of fused-ring (bicyclic) bond motifs is 5. The average Bonchev–Trinajstić information content (AvgIpc) is 3.26. The van der Waals surface area contributed by atoms with Gasteiger partial charge in [0.15, 0.2) is 5.78 Å². The predicted octanol–water partition coefficient (Wildman–Crippen LogP) is 10.5. The van der Waals surface area contributed by atoms with Crippen molar-refractivity contribution in [3.05, 3.63) is 11.6 Å². The van der Waals surface area contributed by atoms with Gasteiger partial charge in [0.2, 0.25) is 0 Å². The smallest absolute Gasteiger partial charge is 0.453 e. The Morgan fingerprint density at radius 1 is 0.907 bits per heavy atom. The molecule has 4 rings (SSSR count). The lowest BCUT2D eigenvalue weighted by Crippen LogP contribution is -2.48. The maximum absolute atomic E-state index is 12.6. The van der Waals surface area contributed by atoms with Gasteiger partial charge in [0, 0.05) is 25.2 Å². The van der Waals surface area contributed by atoms with Crippen LogP contribution in [0.3, 0.4) is 0 Å². The highest BCUT2D eigenvalue weighted by molar-refractivity contribution is 7.99. The zero-order chi connectivity index (χ0) is 31.7. The summed E-state index contributed by atoms with van der Waals surface area (Å²) in [5.41, 5.74) is 1.62. The largest absolute Gasteiger partial charge is 0.462 e. The number of hydrogen-bond donors (Lipinski definition) is 0. The minimum Gasteiger partial charge on any atom is -0.462 e. The fraction of sp³-hybridized carbons (Fsp3) is 0.882. The van der Waals surface area contributed by atoms with Crippen molar-refractivity contribution >= 4 is 23.5 Å². The van der Waals surface area contributed by atoms with Crippen molar-refractivity contribution in [1.29, 1.82) is 0 Å². The van der Waals surface area contributed by atoms with Crippen molar-refractivity contribution in [2.75, 3.05) is 11.5 Å². The molecular formula is C34H53F5O3S. The molecule has 6 unspecified atom stereocenters. The Bertz CT molecular complexity index is 935. The lowest BCUT2D eigenvalue weighted by molar-refractivity contribution is -0.284. The maximum Gasteiger partial charge on any atom is 0.453 e. The second kappa shape index (κ2) is 16.4. The van der Waals surface area contributed by atoms with E-state index in [1.807, 2.05) is 6.08 Å². The molecule has 0 aromatic rings. The lowest BCUT2D eigenvalue weighted by atomic mass is 9.52. The number of unbranched alkanes of at least 4 members (excludes halogenated alkanes) is 6. The maximum atomic E-state index is 12.6. The molecule has 0 spiro atoms. The van der Waals surface area contributed by atoms with E-state index in [0.717, 1.165) is 56.1 Å². The number of alkyl halides is 5. The van der Waals surface area contributed by atoms with E-state index in [-0.39, 0.29) is 23.9 Å². The first-order valence-corrected chi connectivity index (χ1v) is 17.9. The molecule has 0 radical (unpaired) electrons. The van der Waals surface area contributed by atoms with Gasteiger partial charge < -0.3 is 4.74 Å². The third-order valence-electron chi connectivity index (χ3n) is 10.6. The fourth-order valence-electron chi connectivity index (χ4n) is 8.33. The summed E-state index contributed by atoms with van der Waals surface area (Å²) in [7, 11) is 0. The second-order valence-corrected chi connectivity index (χ2v) is 14.8. The Morgan fingerprint density at radius 2 is 1.58 bits per heavy atom. The molecule has 0 amide bonds. The average molecular weight is 637 g/mol. The third kappa shape index (κ3) is 9.93. The number of esters is 1. The summed E-state index contributed by atoms with van der Waals surface area (Å²) in [4.78, 5) is 23.2. The Labute approximate surface area is 259 Å². The predicted molar refractivity (Wildman–Crippen MR) is 163 cm³/mol. The van der Waals surface area contributed by atoms with Gasteiger partial charge in [0.1, 0.15) is 6.10 Å². The van der Waals surface area contributed by atoms with Crippen LogP contribution in [0.1, 0.15) is 130 Å². The number of thioether (sulfide) groups is 1. The second-order valence-electron chi connectivity index (χ2n) is 13.6. The molecule has 9 heteroatoms. The van der Waals surface area contributed by atoms with E-state index in [2.05, 4.69) is 13.8 Å². The SMILES string of the molecule is CC(=O)OC1CCC2C3CCC4=CC(=O)CCC4C3CCC12C.CCCCCCCCCSCCCC(F)(F)C(F)(F)F. The highest BCUT2D eigenvalue weighted by Crippen LogP contribution is 2.62. The highest BCUT2D eigenvalue weighted by Gasteiger charge is 2.58. The van der Waals surface area contributed by atoms with E-state index in [0.29, 0.717) is 23.4 Å². The topological polar surface area (TPSA) is 43.4 Å². The van der Waals surface area contributed by atoms with E-state index >= 15 is 0 Å². The number of rotatable bonds is 13. The Hall–Kier alpha value is -1.12. The summed E-state index contributed by atoms with van der Waals surface area (Å²) in [6.45, 7) is 6.07. The molecule has 4 aliphatic carbocycles. The summed E-state index contributed by atoms with van der Waals surface area (Å²) in [5.74, 6) is -0.208. The van der Waals surface area contributed by atoms with Gasteiger partial charge in [-0.1, -0.05) is 57.9 Å². The van der Waals surface area contributed by atoms with Crippen LogP contribution in [-0.2, 0) is 14.3 Å². The molecule has 0 aromatic carbocycles. The summed E-state index contributed by atoms with van der Waals surface area (Å²) in [6, 6.07) is 0. The standard InChI is InChI=1S/C20H28O3.C14H25F5S/c1-12(21)23-19-8-7-18-17-5-3-13-11-14(22)4-6-15(13)16(17)9-10-20(18,19)2;1-2-3-4-5-6-7-8-11-20-12-9-10-13(15,16)14(17,18)19/h11,15-19H,3-10H2,1-2H3;2-12H2,1H3. The fourth-order valence-corrected chi connectivity index (χ4v) is 9.29. The monoisotopic (exact) mass is 636 g/mol. The van der Waals surface area contributed by atoms with Crippen molar-refractivity contribution < 1.29 is 36.3 Å². The van der Waals surface area contributed by atoms with Gasteiger partial charge in [-0.2, -0.15) is 33.7 Å². The molecule has 43 heavy (non-hydrogen) atoms. The van der Waals surface area contributed by atoms with Crippen LogP contribution < -0.4 is 0 Å². The first-order chi connectivity index (χ1) is 20.3. The van der Waals surface area contributed by atoms with E-state index < -0.39 is 18.5 Å². The zero-order valence-corrected chi connectivity index (χ0v) is 27.2. The molecule has 0 heterocycles. The van der Waals surface area contributed by atoms with Crippen LogP contribution in [-0.4, -0.2) is 41.5 Å². The Morgan fingerprint density at radius 3 is 2.26 bits per heavy atom. The molecule has 6 atom stereocenters. The van der Waals surface area contributed by atoms with E-state index in [1.54, 1.807) is 6.92 Å². The number of ketones is 1. The van der Waals surface area contributed by atoms with Crippen LogP contribution in [0.25, 0.3) is 0 Å². The van der Waals surface area contributed by atoms with Crippen molar-refractivity contribution in [3.63, 3.8) is 0 Å². The Balaban J connectivity index is 0.000000239. The molecule has 0 N–H and O–H groups in total. The Kier molecular flexibility index (Phi) is 13.9. The number of carbonyl (C=O) groups is 2. The van der Waals surface area contributed by atoms with Crippen molar-refractivity contribution in [1.82, 2.24) is 0 Å². The van der Waals surface area contributed by atoms with Gasteiger partial charge in [-0.3, -0.25) is 9.59 Å². The normalized spacial score (nSPS) is 30.4. The molecule has 3 fully saturated rings. The van der Waals surface area contributed by atoms with Gasteiger partial charge in [0.25, 0.3) is 0 Å². The quantitative estimate of drug-likeness (QED) is 0.115. The molecule has 0 aromatic heterocycles. The molecule has 0 aliphatic heterocycles. The van der Waals surface area contributed by atoms with Gasteiger partial charge in [-0.25, -0.2) is 0 Å². The molecule has 4 aliphatic rings. The molecular weight excluding hydrogens is 583 g/mol. The summed E-state index contributed by atoms with van der Waals surface area (Å²) in [6.07, 6.45) is 12.6. The molecule has 0 saturated heterocycles. The van der Waals surface area contributed by atoms with Crippen molar-refractivity contribution in [2.45, 2.75) is 148 Å². The zero-order valence-electron chi connectivity index (χ0n) is 26.4. The van der Waals surface area contributed by atoms with Crippen LogP contribution in [0.5, 0.6) is 0 Å². The van der Waals surface area contributed by atoms with E-state index in [9.17, 15) is 31.5 Å². The van der Waals surface area contributed by atoms with Crippen LogP contribution in [0.15, 0.2) is 11.6 Å². The van der Waals surface area contributed by atoms with Crippen LogP contribution in [0.2, 0.25) is 0 Å². The van der Waals surface area contributed by atoms with Crippen molar-refractivity contribution in [2.24, 2.45) is 29.1 Å². The minimum absolute atomic E-state index is 0.0896. The third-order valence-corrected chi connectivity index (χ3v) is 11.8. The molecule has 248 valence electrons. The first kappa shape index (κ1) is 36.3. The first-order valence-electron chi connectivity index (χ1n) is 16.7. The highest BCUT2D eigenvalue weighted by atomic mass is 32.2. The summed E-state index contributed by atoms with van der Waals surface area (Å²) >= 11 is 1.47. The van der Waals surface area contributed by atoms with Gasteiger partial charge in [-0.15, -0.1) is 0 Å². The molecule has 3 saturated carbocycles. The number of allylic oxidation sites excluding steroid dienone is 1. The molecule has 3 nitrogen and oxygen atoms in total. The number of halogens is 5. The van der Waals surface area contributed by atoms with E-state index in [1.165, 1.54) is 75.1 Å². The number of ether oxygens (including phenoxy) is 1. The van der Waals surface area contributed by atoms with E-state index in [4.69, 9.17) is 4.74 Å². The van der Waals surface area contributed by atoms with Gasteiger partial charge in [-0.05, 0) is 99.0 Å². The summed E-state index contributed by atoms with van der Waals surface area (Å²) < 4.78 is 66.5. The summed E-state index contributed by atoms with van der Waals surface area (Å²) in [5, 5.41) is 0. The van der Waals surface area contributed by atoms with Crippen LogP contribution in [0, 0.1) is 29.1 Å². The van der Waals surface area contributed by atoms with Crippen molar-refractivity contribution in [3.8, 4) is 0 Å². The minimum atomic E-state index is -5.41. The van der Waals surface area contributed by atoms with Crippen LogP contribution in [0.4, 0.5) is 22.0 Å². The lowest BCUT2D eigenvalue weighted by Gasteiger charge is -2.53. The van der Waals surface area contributed by atoms with Crippen LogP contribution >= 0.6 is 11.8 Å².